The van der Waals surface area contributed by atoms with Crippen LogP contribution in [0.5, 0.6) is 0 Å². The standard InChI is InChI=1S/C24H29ClN4O4S/c1-3-19-21(23(31)32-2)22(17-6-4-5-7-18(17)25)29-16(15-34-24(29)27-19)14-20(30)26-8-9-28-10-12-33-13-11-28/h4-7,15,22H,3,8-14H2,1-2H3,(H,26,30)/t22-/m0/s1. The van der Waals surface area contributed by atoms with E-state index < -0.39 is 12.0 Å². The molecular formula is C24H29ClN4O4S. The summed E-state index contributed by atoms with van der Waals surface area (Å²) in [6.45, 7) is 6.54. The minimum absolute atomic E-state index is 0.0795. The molecule has 10 heteroatoms. The highest BCUT2D eigenvalue weighted by Crippen LogP contribution is 2.46. The Hall–Kier alpha value is -2.33. The molecule has 3 heterocycles. The van der Waals surface area contributed by atoms with Crippen LogP contribution in [0.3, 0.4) is 0 Å². The molecule has 0 bridgehead atoms. The number of nitrogens with one attached hydrogen (secondary N) is 1. The van der Waals surface area contributed by atoms with Crippen molar-refractivity contribution in [2.45, 2.75) is 25.8 Å². The Morgan fingerprint density at radius 2 is 2.06 bits per heavy atom. The number of amidine groups is 1. The molecule has 0 saturated carbocycles. The maximum Gasteiger partial charge on any atom is 0.338 e. The van der Waals surface area contributed by atoms with Crippen molar-refractivity contribution in [1.82, 2.24) is 15.1 Å². The molecule has 182 valence electrons. The zero-order valence-electron chi connectivity index (χ0n) is 19.4. The number of halogens is 1. The van der Waals surface area contributed by atoms with Gasteiger partial charge >= 0.3 is 5.97 Å². The van der Waals surface area contributed by atoms with Crippen LogP contribution in [0.15, 0.2) is 51.6 Å². The van der Waals surface area contributed by atoms with Crippen molar-refractivity contribution in [2.75, 3.05) is 46.5 Å². The molecular weight excluding hydrogens is 476 g/mol. The molecule has 1 saturated heterocycles. The number of aliphatic imine (C=N–C) groups is 1. The van der Waals surface area contributed by atoms with Crippen molar-refractivity contribution in [3.05, 3.63) is 57.2 Å². The van der Waals surface area contributed by atoms with Gasteiger partial charge in [-0.15, -0.1) is 0 Å². The third-order valence-electron chi connectivity index (χ3n) is 6.02. The van der Waals surface area contributed by atoms with E-state index in [0.29, 0.717) is 29.3 Å². The zero-order valence-corrected chi connectivity index (χ0v) is 21.0. The van der Waals surface area contributed by atoms with Gasteiger partial charge in [0.2, 0.25) is 5.91 Å². The Balaban J connectivity index is 1.55. The van der Waals surface area contributed by atoms with E-state index in [4.69, 9.17) is 26.1 Å². The molecule has 34 heavy (non-hydrogen) atoms. The fourth-order valence-corrected chi connectivity index (χ4v) is 5.49. The summed E-state index contributed by atoms with van der Waals surface area (Å²) in [5.41, 5.74) is 2.65. The number of methoxy groups -OCH3 is 1. The molecule has 1 aromatic rings. The molecule has 1 atom stereocenters. The van der Waals surface area contributed by atoms with Gasteiger partial charge in [-0.3, -0.25) is 9.69 Å². The van der Waals surface area contributed by atoms with Gasteiger partial charge in [-0.2, -0.15) is 0 Å². The number of carbonyl (C=O) groups is 2. The molecule has 0 unspecified atom stereocenters. The number of benzene rings is 1. The summed E-state index contributed by atoms with van der Waals surface area (Å²) in [7, 11) is 1.36. The van der Waals surface area contributed by atoms with Crippen LogP contribution in [0.25, 0.3) is 0 Å². The van der Waals surface area contributed by atoms with Gasteiger partial charge in [0.05, 0.1) is 44.1 Å². The van der Waals surface area contributed by atoms with Crippen LogP contribution < -0.4 is 5.32 Å². The van der Waals surface area contributed by atoms with E-state index in [9.17, 15) is 9.59 Å². The summed E-state index contributed by atoms with van der Waals surface area (Å²) >= 11 is 8.04. The van der Waals surface area contributed by atoms with E-state index in [-0.39, 0.29) is 12.3 Å². The topological polar surface area (TPSA) is 83.5 Å². The number of hydrogen-bond acceptors (Lipinski definition) is 8. The summed E-state index contributed by atoms with van der Waals surface area (Å²) in [4.78, 5) is 34.7. The molecule has 1 fully saturated rings. The number of carbonyl (C=O) groups excluding carboxylic acids is 2. The lowest BCUT2D eigenvalue weighted by Gasteiger charge is -2.37. The number of fused-ring (bicyclic) bond motifs is 1. The van der Waals surface area contributed by atoms with Gasteiger partial charge in [-0.1, -0.05) is 48.5 Å². The number of rotatable bonds is 8. The highest BCUT2D eigenvalue weighted by molar-refractivity contribution is 8.16. The maximum absolute atomic E-state index is 12.9. The number of thioether (sulfide) groups is 1. The van der Waals surface area contributed by atoms with Crippen LogP contribution in [-0.2, 0) is 19.1 Å². The predicted octanol–water partition coefficient (Wildman–Crippen LogP) is 3.32. The van der Waals surface area contributed by atoms with E-state index in [0.717, 1.165) is 49.3 Å². The first kappa shape index (κ1) is 24.8. The molecule has 1 amide bonds. The Kier molecular flexibility index (Phi) is 8.31. The van der Waals surface area contributed by atoms with Gasteiger partial charge in [0.15, 0.2) is 5.17 Å². The first-order chi connectivity index (χ1) is 16.5. The fourth-order valence-electron chi connectivity index (χ4n) is 4.31. The molecule has 1 aromatic carbocycles. The highest BCUT2D eigenvalue weighted by Gasteiger charge is 2.42. The van der Waals surface area contributed by atoms with E-state index in [1.165, 1.54) is 18.9 Å². The maximum atomic E-state index is 12.9. The predicted molar refractivity (Wildman–Crippen MR) is 133 cm³/mol. The highest BCUT2D eigenvalue weighted by atomic mass is 35.5. The molecule has 0 aromatic heterocycles. The van der Waals surface area contributed by atoms with Crippen LogP contribution in [-0.4, -0.2) is 73.3 Å². The average molecular weight is 505 g/mol. The van der Waals surface area contributed by atoms with Crippen LogP contribution in [0, 0.1) is 0 Å². The third-order valence-corrected chi connectivity index (χ3v) is 7.26. The molecule has 0 aliphatic carbocycles. The lowest BCUT2D eigenvalue weighted by molar-refractivity contribution is -0.136. The average Bonchev–Trinajstić information content (AvgIpc) is 3.25. The molecule has 0 spiro atoms. The van der Waals surface area contributed by atoms with Crippen LogP contribution in [0.1, 0.15) is 31.4 Å². The molecule has 8 nitrogen and oxygen atoms in total. The normalized spacial score (nSPS) is 20.6. The Morgan fingerprint density at radius 1 is 1.29 bits per heavy atom. The second-order valence-corrected chi connectivity index (χ2v) is 9.35. The summed E-state index contributed by atoms with van der Waals surface area (Å²) in [6, 6.07) is 6.91. The SMILES string of the molecule is CCC1=C(C(=O)OC)[C@H](c2ccccc2Cl)N2C(CC(=O)NCCN3CCOCC3)=CSC2=N1. The monoisotopic (exact) mass is 504 g/mol. The number of ether oxygens (including phenoxy) is 2. The van der Waals surface area contributed by atoms with E-state index in [1.54, 1.807) is 6.07 Å². The van der Waals surface area contributed by atoms with Crippen molar-refractivity contribution in [3.8, 4) is 0 Å². The second-order valence-electron chi connectivity index (χ2n) is 8.10. The van der Waals surface area contributed by atoms with Crippen LogP contribution in [0.2, 0.25) is 5.02 Å². The van der Waals surface area contributed by atoms with E-state index >= 15 is 0 Å². The molecule has 3 aliphatic heterocycles. The minimum atomic E-state index is -0.522. The summed E-state index contributed by atoms with van der Waals surface area (Å²) in [5, 5.41) is 6.21. The van der Waals surface area contributed by atoms with Crippen molar-refractivity contribution < 1.29 is 19.1 Å². The number of esters is 1. The smallest absolute Gasteiger partial charge is 0.338 e. The minimum Gasteiger partial charge on any atom is -0.466 e. The van der Waals surface area contributed by atoms with Crippen molar-refractivity contribution in [1.29, 1.82) is 0 Å². The Labute approximate surface area is 209 Å². The largest absolute Gasteiger partial charge is 0.466 e. The third kappa shape index (κ3) is 5.33. The van der Waals surface area contributed by atoms with Gasteiger partial charge in [-0.25, -0.2) is 9.79 Å². The van der Waals surface area contributed by atoms with Crippen molar-refractivity contribution in [2.24, 2.45) is 4.99 Å². The summed E-state index contributed by atoms with van der Waals surface area (Å²) < 4.78 is 10.5. The van der Waals surface area contributed by atoms with Gasteiger partial charge in [0.25, 0.3) is 0 Å². The van der Waals surface area contributed by atoms with Gasteiger partial charge < -0.3 is 19.7 Å². The molecule has 0 radical (unpaired) electrons. The number of nitrogens with zero attached hydrogens (tertiary/aromatic N) is 3. The van der Waals surface area contributed by atoms with Crippen molar-refractivity contribution >= 4 is 40.4 Å². The first-order valence-electron chi connectivity index (χ1n) is 11.4. The Bertz CT molecular complexity index is 1040. The van der Waals surface area contributed by atoms with E-state index in [2.05, 4.69) is 10.2 Å². The van der Waals surface area contributed by atoms with Crippen LogP contribution in [0.4, 0.5) is 0 Å². The van der Waals surface area contributed by atoms with Gasteiger partial charge in [-0.05, 0) is 23.5 Å². The Morgan fingerprint density at radius 3 is 2.76 bits per heavy atom. The van der Waals surface area contributed by atoms with Crippen LogP contribution >= 0.6 is 23.4 Å². The second kappa shape index (κ2) is 11.4. The lowest BCUT2D eigenvalue weighted by atomic mass is 9.93. The van der Waals surface area contributed by atoms with Crippen molar-refractivity contribution in [3.63, 3.8) is 0 Å². The number of hydrogen-bond donors (Lipinski definition) is 1. The number of morpholine rings is 1. The first-order valence-corrected chi connectivity index (χ1v) is 12.7. The fraction of sp³-hybridized carbons (Fsp3) is 0.458. The van der Waals surface area contributed by atoms with E-state index in [1.807, 2.05) is 35.4 Å². The number of allylic oxidation sites excluding steroid dienone is 1. The number of amides is 1. The molecule has 3 aliphatic rings. The zero-order chi connectivity index (χ0) is 24.1. The molecule has 4 rings (SSSR count). The summed E-state index contributed by atoms with van der Waals surface area (Å²) in [6.07, 6.45) is 0.743. The van der Waals surface area contributed by atoms with Gasteiger partial charge in [0.1, 0.15) is 0 Å². The molecule has 1 N–H and O–H groups in total. The lowest BCUT2D eigenvalue weighted by Crippen LogP contribution is -2.42. The van der Waals surface area contributed by atoms with Gasteiger partial charge in [0, 0.05) is 36.9 Å². The summed E-state index contributed by atoms with van der Waals surface area (Å²) in [5.74, 6) is -0.528. The quantitative estimate of drug-likeness (QED) is 0.544.